The van der Waals surface area contributed by atoms with E-state index in [4.69, 9.17) is 0 Å². The third kappa shape index (κ3) is 3.20. The number of hydrogen-bond acceptors (Lipinski definition) is 3. The highest BCUT2D eigenvalue weighted by atomic mass is 32.2. The van der Waals surface area contributed by atoms with Gasteiger partial charge in [0.2, 0.25) is 0 Å². The summed E-state index contributed by atoms with van der Waals surface area (Å²) in [7, 11) is 0. The molecule has 2 nitrogen and oxygen atoms in total. The van der Waals surface area contributed by atoms with Crippen LogP contribution in [0.25, 0.3) is 0 Å². The molecule has 0 radical (unpaired) electrons. The summed E-state index contributed by atoms with van der Waals surface area (Å²) in [5.74, 6) is 0.0917. The number of benzene rings is 1. The molecule has 0 saturated heterocycles. The molecule has 0 heterocycles. The molecule has 1 aromatic carbocycles. The molecule has 16 heavy (non-hydrogen) atoms. The number of rotatable bonds is 5. The zero-order valence-corrected chi connectivity index (χ0v) is 9.81. The number of Topliss-reactive ketones (excluding diaryl/α,β-unsaturated/α-hetero) is 1. The molecular formula is C11H12F2O2S. The molecule has 0 amide bonds. The van der Waals surface area contributed by atoms with Crippen molar-refractivity contribution in [2.24, 2.45) is 0 Å². The fourth-order valence-corrected chi connectivity index (χ4v) is 1.80. The summed E-state index contributed by atoms with van der Waals surface area (Å²) in [5, 5.41) is 0. The van der Waals surface area contributed by atoms with Crippen LogP contribution in [0.15, 0.2) is 23.1 Å². The van der Waals surface area contributed by atoms with Gasteiger partial charge in [-0.25, -0.2) is 0 Å². The van der Waals surface area contributed by atoms with E-state index in [0.717, 1.165) is 0 Å². The zero-order chi connectivity index (χ0) is 12.1. The van der Waals surface area contributed by atoms with Crippen LogP contribution < -0.4 is 4.74 Å². The number of alkyl halides is 2. The van der Waals surface area contributed by atoms with Gasteiger partial charge in [0, 0.05) is 12.0 Å². The lowest BCUT2D eigenvalue weighted by atomic mass is 10.1. The van der Waals surface area contributed by atoms with Gasteiger partial charge in [-0.15, -0.1) is 11.8 Å². The number of ketones is 1. The first-order valence-corrected chi connectivity index (χ1v) is 5.97. The smallest absolute Gasteiger partial charge is 0.387 e. The normalized spacial score (nSPS) is 10.6. The van der Waals surface area contributed by atoms with Crippen LogP contribution in [-0.4, -0.2) is 18.7 Å². The van der Waals surface area contributed by atoms with Crippen molar-refractivity contribution in [3.63, 3.8) is 0 Å². The fraction of sp³-hybridized carbons (Fsp3) is 0.364. The zero-order valence-electron chi connectivity index (χ0n) is 9.00. The monoisotopic (exact) mass is 246 g/mol. The first kappa shape index (κ1) is 13.0. The van der Waals surface area contributed by atoms with Crippen LogP contribution in [0, 0.1) is 0 Å². The second-order valence-corrected chi connectivity index (χ2v) is 3.87. The van der Waals surface area contributed by atoms with Gasteiger partial charge in [-0.05, 0) is 24.5 Å². The Morgan fingerprint density at radius 1 is 1.50 bits per heavy atom. The minimum Gasteiger partial charge on any atom is -0.434 e. The van der Waals surface area contributed by atoms with E-state index in [-0.39, 0.29) is 11.5 Å². The van der Waals surface area contributed by atoms with E-state index in [0.29, 0.717) is 16.9 Å². The number of hydrogen-bond donors (Lipinski definition) is 0. The topological polar surface area (TPSA) is 26.3 Å². The number of carbonyl (C=O) groups is 1. The standard InChI is InChI=1S/C11H12F2O2S/c1-3-8(14)7-4-5-9(15-11(12)13)10(6-7)16-2/h4-6,11H,3H2,1-2H3. The molecule has 0 spiro atoms. The quantitative estimate of drug-likeness (QED) is 0.586. The highest BCUT2D eigenvalue weighted by Gasteiger charge is 2.12. The Balaban J connectivity index is 3.01. The van der Waals surface area contributed by atoms with Crippen molar-refractivity contribution < 1.29 is 18.3 Å². The summed E-state index contributed by atoms with van der Waals surface area (Å²) in [6.45, 7) is -1.09. The maximum atomic E-state index is 12.1. The van der Waals surface area contributed by atoms with Crippen LogP contribution in [0.4, 0.5) is 8.78 Å². The lowest BCUT2D eigenvalue weighted by Crippen LogP contribution is -2.04. The predicted octanol–water partition coefficient (Wildman–Crippen LogP) is 3.60. The summed E-state index contributed by atoms with van der Waals surface area (Å²) >= 11 is 1.27. The molecule has 0 atom stereocenters. The molecule has 5 heteroatoms. The van der Waals surface area contributed by atoms with Gasteiger partial charge in [0.1, 0.15) is 5.75 Å². The molecule has 0 aromatic heterocycles. The van der Waals surface area contributed by atoms with E-state index in [1.165, 1.54) is 23.9 Å². The number of ether oxygens (including phenoxy) is 1. The van der Waals surface area contributed by atoms with Gasteiger partial charge in [-0.1, -0.05) is 6.92 Å². The number of halogens is 2. The van der Waals surface area contributed by atoms with Crippen LogP contribution in [0.1, 0.15) is 23.7 Å². The van der Waals surface area contributed by atoms with Gasteiger partial charge < -0.3 is 4.74 Å². The van der Waals surface area contributed by atoms with Crippen molar-refractivity contribution in [3.05, 3.63) is 23.8 Å². The van der Waals surface area contributed by atoms with E-state index in [1.54, 1.807) is 19.2 Å². The minimum absolute atomic E-state index is 0.0149. The van der Waals surface area contributed by atoms with Crippen LogP contribution in [0.5, 0.6) is 5.75 Å². The predicted molar refractivity (Wildman–Crippen MR) is 59.5 cm³/mol. The van der Waals surface area contributed by atoms with Crippen molar-refractivity contribution in [2.45, 2.75) is 24.9 Å². The third-order valence-electron chi connectivity index (χ3n) is 2.02. The average Bonchev–Trinajstić information content (AvgIpc) is 2.27. The molecule has 0 bridgehead atoms. The Morgan fingerprint density at radius 3 is 2.69 bits per heavy atom. The van der Waals surface area contributed by atoms with Crippen molar-refractivity contribution >= 4 is 17.5 Å². The fourth-order valence-electron chi connectivity index (χ4n) is 1.24. The van der Waals surface area contributed by atoms with Crippen LogP contribution >= 0.6 is 11.8 Å². The lowest BCUT2D eigenvalue weighted by Gasteiger charge is -2.10. The molecule has 88 valence electrons. The maximum Gasteiger partial charge on any atom is 0.387 e. The molecule has 0 saturated carbocycles. The summed E-state index contributed by atoms with van der Waals surface area (Å²) in [4.78, 5) is 12.0. The van der Waals surface area contributed by atoms with Gasteiger partial charge >= 0.3 is 6.61 Å². The van der Waals surface area contributed by atoms with Crippen LogP contribution in [0.3, 0.4) is 0 Å². The Kier molecular flexibility index (Phi) is 4.73. The van der Waals surface area contributed by atoms with E-state index >= 15 is 0 Å². The summed E-state index contributed by atoms with van der Waals surface area (Å²) in [6, 6.07) is 4.48. The average molecular weight is 246 g/mol. The second-order valence-electron chi connectivity index (χ2n) is 3.02. The molecule has 0 aliphatic heterocycles. The van der Waals surface area contributed by atoms with Gasteiger partial charge in [-0.2, -0.15) is 8.78 Å². The highest BCUT2D eigenvalue weighted by molar-refractivity contribution is 7.98. The molecule has 0 aliphatic carbocycles. The van der Waals surface area contributed by atoms with E-state index in [1.807, 2.05) is 0 Å². The Hall–Kier alpha value is -1.10. The summed E-state index contributed by atoms with van der Waals surface area (Å²) in [5.41, 5.74) is 0.522. The van der Waals surface area contributed by atoms with Crippen molar-refractivity contribution in [3.8, 4) is 5.75 Å². The van der Waals surface area contributed by atoms with E-state index in [9.17, 15) is 13.6 Å². The second kappa shape index (κ2) is 5.84. The Bertz CT molecular complexity index is 380. The van der Waals surface area contributed by atoms with Crippen molar-refractivity contribution in [1.29, 1.82) is 0 Å². The van der Waals surface area contributed by atoms with Gasteiger partial charge in [-0.3, -0.25) is 4.79 Å². The highest BCUT2D eigenvalue weighted by Crippen LogP contribution is 2.30. The summed E-state index contributed by atoms with van der Waals surface area (Å²) in [6.07, 6.45) is 2.14. The van der Waals surface area contributed by atoms with Gasteiger partial charge in [0.25, 0.3) is 0 Å². The Labute approximate surface area is 97.0 Å². The summed E-state index contributed by atoms with van der Waals surface area (Å²) < 4.78 is 28.5. The van der Waals surface area contributed by atoms with Crippen molar-refractivity contribution in [1.82, 2.24) is 0 Å². The first-order chi connectivity index (χ1) is 7.58. The molecule has 0 fully saturated rings. The molecule has 0 unspecified atom stereocenters. The molecule has 0 aliphatic rings. The minimum atomic E-state index is -2.85. The largest absolute Gasteiger partial charge is 0.434 e. The van der Waals surface area contributed by atoms with E-state index in [2.05, 4.69) is 4.74 Å². The van der Waals surface area contributed by atoms with Crippen molar-refractivity contribution in [2.75, 3.05) is 6.26 Å². The lowest BCUT2D eigenvalue weighted by molar-refractivity contribution is -0.0516. The van der Waals surface area contributed by atoms with E-state index < -0.39 is 6.61 Å². The Morgan fingerprint density at radius 2 is 2.19 bits per heavy atom. The first-order valence-electron chi connectivity index (χ1n) is 4.74. The maximum absolute atomic E-state index is 12.1. The number of thioether (sulfide) groups is 1. The molecule has 1 rings (SSSR count). The molecule has 1 aromatic rings. The van der Waals surface area contributed by atoms with Gasteiger partial charge in [0.05, 0.1) is 4.90 Å². The van der Waals surface area contributed by atoms with Crippen LogP contribution in [-0.2, 0) is 0 Å². The van der Waals surface area contributed by atoms with Gasteiger partial charge in [0.15, 0.2) is 5.78 Å². The number of carbonyl (C=O) groups excluding carboxylic acids is 1. The molecule has 0 N–H and O–H groups in total. The molecular weight excluding hydrogens is 234 g/mol. The SMILES string of the molecule is CCC(=O)c1ccc(OC(F)F)c(SC)c1. The third-order valence-corrected chi connectivity index (χ3v) is 2.78. The van der Waals surface area contributed by atoms with Crippen LogP contribution in [0.2, 0.25) is 0 Å².